The minimum absolute atomic E-state index is 0.120. The molecule has 4 heteroatoms. The van der Waals surface area contributed by atoms with E-state index in [1.54, 1.807) is 12.1 Å². The van der Waals surface area contributed by atoms with Gasteiger partial charge in [0, 0.05) is 18.1 Å². The Morgan fingerprint density at radius 1 is 1.05 bits per heavy atom. The second-order valence-corrected chi connectivity index (χ2v) is 5.54. The second-order valence-electron chi connectivity index (χ2n) is 5.54. The summed E-state index contributed by atoms with van der Waals surface area (Å²) in [5.41, 5.74) is 1.24. The van der Waals surface area contributed by atoms with Gasteiger partial charge in [-0.15, -0.1) is 0 Å². The van der Waals surface area contributed by atoms with Gasteiger partial charge in [-0.3, -0.25) is 9.59 Å². The van der Waals surface area contributed by atoms with Crippen molar-refractivity contribution in [1.82, 2.24) is 0 Å². The lowest BCUT2D eigenvalue weighted by atomic mass is 9.75. The minimum atomic E-state index is -0.330. The Hall–Kier alpha value is -2.23. The van der Waals surface area contributed by atoms with Crippen LogP contribution in [0.1, 0.15) is 26.3 Å². The van der Waals surface area contributed by atoms with Crippen LogP contribution in [0.2, 0.25) is 0 Å². The summed E-state index contributed by atoms with van der Waals surface area (Å²) in [4.78, 5) is 35.3. The Bertz CT molecular complexity index is 566. The molecule has 0 aromatic heterocycles. The van der Waals surface area contributed by atoms with Gasteiger partial charge in [0.2, 0.25) is 0 Å². The number of carbonyl (C=O) groups is 3. The average Bonchev–Trinajstić information content (AvgIpc) is 2.77. The number of benzene rings is 1. The molecular weight excluding hydrogens is 254 g/mol. The fourth-order valence-corrected chi connectivity index (χ4v) is 2.13. The van der Waals surface area contributed by atoms with Gasteiger partial charge in [0.25, 0.3) is 11.8 Å². The maximum Gasteiger partial charge on any atom is 0.258 e. The van der Waals surface area contributed by atoms with Gasteiger partial charge >= 0.3 is 0 Å². The Morgan fingerprint density at radius 3 is 2.00 bits per heavy atom. The molecule has 1 unspecified atom stereocenters. The van der Waals surface area contributed by atoms with Crippen molar-refractivity contribution in [2.75, 3.05) is 4.90 Å². The first-order chi connectivity index (χ1) is 9.37. The molecule has 0 radical (unpaired) electrons. The Kier molecular flexibility index (Phi) is 3.57. The number of aldehydes is 1. The Labute approximate surface area is 118 Å². The molecule has 0 N–H and O–H groups in total. The summed E-state index contributed by atoms with van der Waals surface area (Å²) in [5.74, 6) is -0.781. The smallest absolute Gasteiger partial charge is 0.258 e. The molecule has 0 bridgehead atoms. The summed E-state index contributed by atoms with van der Waals surface area (Å²) in [6, 6.07) is 7.18. The molecule has 1 aliphatic heterocycles. The summed E-state index contributed by atoms with van der Waals surface area (Å²) >= 11 is 0. The van der Waals surface area contributed by atoms with Gasteiger partial charge in [-0.25, -0.2) is 4.90 Å². The van der Waals surface area contributed by atoms with Gasteiger partial charge in [-0.2, -0.15) is 0 Å². The molecular formula is C16H17NO3. The van der Waals surface area contributed by atoms with E-state index in [1.165, 1.54) is 12.2 Å². The highest BCUT2D eigenvalue weighted by atomic mass is 16.2. The number of anilines is 1. The molecule has 1 aromatic carbocycles. The van der Waals surface area contributed by atoms with Crippen LogP contribution in [0.15, 0.2) is 36.4 Å². The van der Waals surface area contributed by atoms with Crippen molar-refractivity contribution in [3.05, 3.63) is 42.0 Å². The lowest BCUT2D eigenvalue weighted by molar-refractivity contribution is -0.120. The van der Waals surface area contributed by atoms with E-state index in [9.17, 15) is 14.4 Å². The molecule has 0 spiro atoms. The van der Waals surface area contributed by atoms with Crippen molar-refractivity contribution in [2.24, 2.45) is 5.92 Å². The molecule has 0 fully saturated rings. The van der Waals surface area contributed by atoms with Crippen molar-refractivity contribution >= 4 is 23.8 Å². The van der Waals surface area contributed by atoms with Gasteiger partial charge in [0.05, 0.1) is 5.69 Å². The maximum atomic E-state index is 11.6. The van der Waals surface area contributed by atoms with Gasteiger partial charge in [0.15, 0.2) is 0 Å². The monoisotopic (exact) mass is 271 g/mol. The number of carbonyl (C=O) groups excluding carboxylic acids is 3. The summed E-state index contributed by atoms with van der Waals surface area (Å²) in [6.45, 7) is 5.86. The first kappa shape index (κ1) is 14.2. The van der Waals surface area contributed by atoms with E-state index in [0.29, 0.717) is 5.69 Å². The lowest BCUT2D eigenvalue weighted by Crippen LogP contribution is -2.30. The second kappa shape index (κ2) is 5.04. The molecule has 0 saturated carbocycles. The molecule has 104 valence electrons. The van der Waals surface area contributed by atoms with Crippen molar-refractivity contribution in [2.45, 2.75) is 26.2 Å². The fourth-order valence-electron chi connectivity index (χ4n) is 2.13. The van der Waals surface area contributed by atoms with Crippen LogP contribution in [0.5, 0.6) is 0 Å². The van der Waals surface area contributed by atoms with Gasteiger partial charge in [-0.05, 0) is 23.1 Å². The third-order valence-electron chi connectivity index (χ3n) is 4.02. The molecule has 2 amide bonds. The van der Waals surface area contributed by atoms with E-state index in [4.69, 9.17) is 0 Å². The fraction of sp³-hybridized carbons (Fsp3) is 0.312. The highest BCUT2D eigenvalue weighted by molar-refractivity contribution is 6.28. The van der Waals surface area contributed by atoms with Crippen LogP contribution in [0.4, 0.5) is 5.69 Å². The highest BCUT2D eigenvalue weighted by Crippen LogP contribution is 2.32. The van der Waals surface area contributed by atoms with Crippen LogP contribution in [-0.4, -0.2) is 18.1 Å². The van der Waals surface area contributed by atoms with E-state index >= 15 is 0 Å². The zero-order valence-corrected chi connectivity index (χ0v) is 11.8. The topological polar surface area (TPSA) is 54.5 Å². The molecule has 4 nitrogen and oxygen atoms in total. The summed E-state index contributed by atoms with van der Waals surface area (Å²) in [5, 5.41) is 0. The molecule has 0 saturated heterocycles. The molecule has 0 aliphatic carbocycles. The lowest BCUT2D eigenvalue weighted by Gasteiger charge is -2.29. The van der Waals surface area contributed by atoms with E-state index < -0.39 is 0 Å². The van der Waals surface area contributed by atoms with Crippen molar-refractivity contribution < 1.29 is 14.4 Å². The van der Waals surface area contributed by atoms with E-state index in [1.807, 2.05) is 32.9 Å². The standard InChI is InChI=1S/C16H17NO3/c1-11(10-18)16(2,3)12-4-6-13(7-5-12)17-14(19)8-9-15(17)20/h4-11H,1-3H3. The molecule has 1 aliphatic rings. The normalized spacial score (nSPS) is 16.6. The third kappa shape index (κ3) is 2.29. The predicted octanol–water partition coefficient (Wildman–Crippen LogP) is 2.23. The van der Waals surface area contributed by atoms with Crippen molar-refractivity contribution in [3.63, 3.8) is 0 Å². The van der Waals surface area contributed by atoms with E-state index in [0.717, 1.165) is 16.7 Å². The molecule has 1 atom stereocenters. The zero-order chi connectivity index (χ0) is 14.9. The van der Waals surface area contributed by atoms with Gasteiger partial charge in [0.1, 0.15) is 6.29 Å². The number of amides is 2. The Balaban J connectivity index is 2.29. The number of rotatable bonds is 4. The first-order valence-corrected chi connectivity index (χ1v) is 6.50. The molecule has 2 rings (SSSR count). The number of imide groups is 1. The van der Waals surface area contributed by atoms with Crippen molar-refractivity contribution in [3.8, 4) is 0 Å². The van der Waals surface area contributed by atoms with Crippen LogP contribution in [0.25, 0.3) is 0 Å². The number of hydrogen-bond donors (Lipinski definition) is 0. The highest BCUT2D eigenvalue weighted by Gasteiger charge is 2.29. The average molecular weight is 271 g/mol. The summed E-state index contributed by atoms with van der Waals surface area (Å²) in [6.07, 6.45) is 3.45. The van der Waals surface area contributed by atoms with Crippen LogP contribution >= 0.6 is 0 Å². The van der Waals surface area contributed by atoms with Crippen molar-refractivity contribution in [1.29, 1.82) is 0 Å². The first-order valence-electron chi connectivity index (χ1n) is 6.50. The zero-order valence-electron chi connectivity index (χ0n) is 11.8. The largest absolute Gasteiger partial charge is 0.303 e. The van der Waals surface area contributed by atoms with Gasteiger partial charge in [-0.1, -0.05) is 32.9 Å². The Morgan fingerprint density at radius 2 is 1.55 bits per heavy atom. The van der Waals surface area contributed by atoms with E-state index in [-0.39, 0.29) is 23.1 Å². The van der Waals surface area contributed by atoms with E-state index in [2.05, 4.69) is 0 Å². The molecule has 1 aromatic rings. The van der Waals surface area contributed by atoms with Gasteiger partial charge < -0.3 is 4.79 Å². The summed E-state index contributed by atoms with van der Waals surface area (Å²) < 4.78 is 0. The number of hydrogen-bond acceptors (Lipinski definition) is 3. The maximum absolute atomic E-state index is 11.6. The van der Waals surface area contributed by atoms with Crippen LogP contribution in [0.3, 0.4) is 0 Å². The minimum Gasteiger partial charge on any atom is -0.303 e. The quantitative estimate of drug-likeness (QED) is 0.623. The molecule has 20 heavy (non-hydrogen) atoms. The van der Waals surface area contributed by atoms with Crippen LogP contribution < -0.4 is 4.90 Å². The SMILES string of the molecule is CC(C=O)C(C)(C)c1ccc(N2C(=O)C=CC2=O)cc1. The predicted molar refractivity (Wildman–Crippen MR) is 76.3 cm³/mol. The number of nitrogens with zero attached hydrogens (tertiary/aromatic N) is 1. The van der Waals surface area contributed by atoms with Crippen LogP contribution in [0, 0.1) is 5.92 Å². The van der Waals surface area contributed by atoms with Crippen LogP contribution in [-0.2, 0) is 19.8 Å². The summed E-state index contributed by atoms with van der Waals surface area (Å²) in [7, 11) is 0. The molecule has 1 heterocycles. The third-order valence-corrected chi connectivity index (χ3v) is 4.02.